The molecule has 0 bridgehead atoms. The van der Waals surface area contributed by atoms with Crippen molar-refractivity contribution in [3.05, 3.63) is 88.5 Å². The second kappa shape index (κ2) is 8.55. The predicted octanol–water partition coefficient (Wildman–Crippen LogP) is 5.36. The second-order valence-electron chi connectivity index (χ2n) is 8.11. The number of thiophene rings is 1. The van der Waals surface area contributed by atoms with Crippen LogP contribution in [0.5, 0.6) is 11.5 Å². The Morgan fingerprint density at radius 1 is 1.14 bits per heavy atom. The van der Waals surface area contributed by atoms with E-state index in [1.54, 1.807) is 17.0 Å². The van der Waals surface area contributed by atoms with E-state index in [0.29, 0.717) is 40.7 Å². The average molecular weight is 491 g/mol. The molecule has 0 fully saturated rings. The number of aromatic nitrogens is 2. The Morgan fingerprint density at radius 3 is 2.77 bits per heavy atom. The molecule has 0 saturated carbocycles. The molecule has 2 aliphatic heterocycles. The molecule has 0 aliphatic carbocycles. The summed E-state index contributed by atoms with van der Waals surface area (Å²) in [4.78, 5) is 20.4. The highest BCUT2D eigenvalue weighted by Gasteiger charge is 2.36. The third kappa shape index (κ3) is 3.91. The van der Waals surface area contributed by atoms with Crippen molar-refractivity contribution in [2.45, 2.75) is 19.5 Å². The van der Waals surface area contributed by atoms with E-state index in [2.05, 4.69) is 15.5 Å². The van der Waals surface area contributed by atoms with Crippen molar-refractivity contribution in [1.29, 1.82) is 0 Å². The van der Waals surface area contributed by atoms with Gasteiger partial charge in [-0.25, -0.2) is 9.18 Å². The molecule has 2 aromatic carbocycles. The summed E-state index contributed by atoms with van der Waals surface area (Å²) in [6.07, 6.45) is 0. The van der Waals surface area contributed by atoms with Crippen molar-refractivity contribution in [1.82, 2.24) is 20.4 Å². The fourth-order valence-corrected chi connectivity index (χ4v) is 4.86. The second-order valence-corrected chi connectivity index (χ2v) is 9.06. The Balaban J connectivity index is 1.42. The highest BCUT2D eigenvalue weighted by molar-refractivity contribution is 7.13. The highest BCUT2D eigenvalue weighted by atomic mass is 32.1. The molecule has 8 nitrogen and oxygen atoms in total. The number of allylic oxidation sites excluding steroid dienone is 1. The molecule has 2 amide bonds. The lowest BCUT2D eigenvalue weighted by Gasteiger charge is -2.35. The molecule has 0 radical (unpaired) electrons. The first-order chi connectivity index (χ1) is 17.1. The van der Waals surface area contributed by atoms with E-state index in [-0.39, 0.29) is 24.5 Å². The number of nitrogens with one attached hydrogen (secondary N) is 1. The van der Waals surface area contributed by atoms with E-state index in [4.69, 9.17) is 14.0 Å². The summed E-state index contributed by atoms with van der Waals surface area (Å²) in [6.45, 7) is 2.31. The number of fused-ring (bicyclic) bond motifs is 1. The first kappa shape index (κ1) is 21.4. The molecule has 176 valence electrons. The number of ether oxygens (including phenoxy) is 2. The van der Waals surface area contributed by atoms with E-state index in [1.165, 1.54) is 23.5 Å². The number of urea groups is 1. The standard InChI is InChI=1S/C25H19FN4O4S/c1-14-21(24-28-23(29-34-24)20-3-2-10-35-20)22(16-5-7-17(26)8-6-16)27-25(31)30(14)12-15-4-9-18-19(11-15)33-13-32-18/h2-11,22H,12-13H2,1H3,(H,27,31). The lowest BCUT2D eigenvalue weighted by atomic mass is 9.94. The third-order valence-electron chi connectivity index (χ3n) is 5.98. The Morgan fingerprint density at radius 2 is 1.97 bits per heavy atom. The van der Waals surface area contributed by atoms with Crippen LogP contribution in [0, 0.1) is 5.82 Å². The number of amides is 2. The normalized spacial score (nSPS) is 17.1. The maximum Gasteiger partial charge on any atom is 0.322 e. The van der Waals surface area contributed by atoms with E-state index in [1.807, 2.05) is 42.6 Å². The third-order valence-corrected chi connectivity index (χ3v) is 6.84. The maximum atomic E-state index is 13.6. The minimum atomic E-state index is -0.590. The van der Waals surface area contributed by atoms with E-state index in [0.717, 1.165) is 10.4 Å². The molecule has 0 saturated heterocycles. The van der Waals surface area contributed by atoms with Gasteiger partial charge in [0, 0.05) is 5.70 Å². The van der Waals surface area contributed by atoms with Crippen LogP contribution < -0.4 is 14.8 Å². The van der Waals surface area contributed by atoms with Crippen molar-refractivity contribution in [2.24, 2.45) is 0 Å². The molecule has 10 heteroatoms. The van der Waals surface area contributed by atoms with Crippen molar-refractivity contribution in [2.75, 3.05) is 6.79 Å². The molecule has 4 heterocycles. The Hall–Kier alpha value is -4.18. The van der Waals surface area contributed by atoms with Crippen molar-refractivity contribution in [3.63, 3.8) is 0 Å². The van der Waals surface area contributed by atoms with Crippen LogP contribution in [0.15, 0.2) is 70.2 Å². The van der Waals surface area contributed by atoms with Crippen molar-refractivity contribution in [3.8, 4) is 22.2 Å². The number of nitrogens with zero attached hydrogens (tertiary/aromatic N) is 3. The lowest BCUT2D eigenvalue weighted by molar-refractivity contribution is 0.174. The maximum absolute atomic E-state index is 13.6. The van der Waals surface area contributed by atoms with Gasteiger partial charge in [0.25, 0.3) is 5.89 Å². The molecule has 35 heavy (non-hydrogen) atoms. The molecule has 6 rings (SSSR count). The molecule has 1 atom stereocenters. The summed E-state index contributed by atoms with van der Waals surface area (Å²) in [6, 6.07) is 14.5. The van der Waals surface area contributed by atoms with Gasteiger partial charge in [-0.1, -0.05) is 29.4 Å². The molecule has 1 unspecified atom stereocenters. The summed E-state index contributed by atoms with van der Waals surface area (Å²) in [5.74, 6) is 1.71. The minimum absolute atomic E-state index is 0.176. The van der Waals surface area contributed by atoms with Gasteiger partial charge < -0.3 is 19.3 Å². The Bertz CT molecular complexity index is 1430. The molecular formula is C25H19FN4O4S. The number of hydrogen-bond acceptors (Lipinski definition) is 7. The largest absolute Gasteiger partial charge is 0.454 e. The van der Waals surface area contributed by atoms with Crippen LogP contribution in [0.1, 0.15) is 30.0 Å². The quantitative estimate of drug-likeness (QED) is 0.405. The van der Waals surface area contributed by atoms with E-state index < -0.39 is 6.04 Å². The smallest absolute Gasteiger partial charge is 0.322 e. The van der Waals surface area contributed by atoms with Crippen LogP contribution in [0.3, 0.4) is 0 Å². The molecule has 1 N–H and O–H groups in total. The highest BCUT2D eigenvalue weighted by Crippen LogP contribution is 2.39. The number of hydrogen-bond donors (Lipinski definition) is 1. The van der Waals surface area contributed by atoms with Crippen LogP contribution in [0.25, 0.3) is 16.3 Å². The van der Waals surface area contributed by atoms with Gasteiger partial charge in [0.05, 0.1) is 23.0 Å². The number of halogens is 1. The summed E-state index contributed by atoms with van der Waals surface area (Å²) >= 11 is 1.50. The summed E-state index contributed by atoms with van der Waals surface area (Å²) in [5, 5.41) is 9.11. The molecular weight excluding hydrogens is 471 g/mol. The van der Waals surface area contributed by atoms with Gasteiger partial charge in [-0.3, -0.25) is 4.90 Å². The zero-order chi connectivity index (χ0) is 23.9. The Kier molecular flexibility index (Phi) is 5.22. The summed E-state index contributed by atoms with van der Waals surface area (Å²) in [7, 11) is 0. The fraction of sp³-hybridized carbons (Fsp3) is 0.160. The Labute approximate surface area is 203 Å². The van der Waals surface area contributed by atoms with E-state index in [9.17, 15) is 9.18 Å². The minimum Gasteiger partial charge on any atom is -0.454 e. The first-order valence-corrected chi connectivity index (χ1v) is 11.8. The average Bonchev–Trinajstić information content (AvgIpc) is 3.63. The number of carbonyl (C=O) groups excluding carboxylic acids is 1. The van der Waals surface area contributed by atoms with Gasteiger partial charge in [0.15, 0.2) is 11.5 Å². The molecule has 2 aliphatic rings. The monoisotopic (exact) mass is 490 g/mol. The SMILES string of the molecule is CC1=C(c2nc(-c3cccs3)no2)C(c2ccc(F)cc2)NC(=O)N1Cc1ccc2c(c1)OCO2. The lowest BCUT2D eigenvalue weighted by Crippen LogP contribution is -2.45. The van der Waals surface area contributed by atoms with Crippen LogP contribution in [-0.4, -0.2) is 27.9 Å². The van der Waals surface area contributed by atoms with E-state index >= 15 is 0 Å². The molecule has 0 spiro atoms. The predicted molar refractivity (Wildman–Crippen MR) is 126 cm³/mol. The fourth-order valence-electron chi connectivity index (χ4n) is 4.21. The van der Waals surface area contributed by atoms with Crippen LogP contribution in [0.2, 0.25) is 0 Å². The van der Waals surface area contributed by atoms with Gasteiger partial charge >= 0.3 is 6.03 Å². The topological polar surface area (TPSA) is 89.7 Å². The van der Waals surface area contributed by atoms with Crippen LogP contribution in [0.4, 0.5) is 9.18 Å². The summed E-state index contributed by atoms with van der Waals surface area (Å²) in [5.41, 5.74) is 2.87. The van der Waals surface area contributed by atoms with Gasteiger partial charge in [-0.15, -0.1) is 11.3 Å². The van der Waals surface area contributed by atoms with Crippen LogP contribution in [-0.2, 0) is 6.54 Å². The summed E-state index contributed by atoms with van der Waals surface area (Å²) < 4.78 is 30.2. The van der Waals surface area contributed by atoms with Crippen LogP contribution >= 0.6 is 11.3 Å². The van der Waals surface area contributed by atoms with Crippen molar-refractivity contribution >= 4 is 22.9 Å². The van der Waals surface area contributed by atoms with Gasteiger partial charge in [0.2, 0.25) is 12.6 Å². The number of benzene rings is 2. The van der Waals surface area contributed by atoms with Gasteiger partial charge in [-0.05, 0) is 53.8 Å². The van der Waals surface area contributed by atoms with Gasteiger partial charge in [-0.2, -0.15) is 4.98 Å². The zero-order valence-corrected chi connectivity index (χ0v) is 19.3. The zero-order valence-electron chi connectivity index (χ0n) is 18.5. The number of rotatable bonds is 5. The first-order valence-electron chi connectivity index (χ1n) is 10.9. The molecule has 2 aromatic heterocycles. The van der Waals surface area contributed by atoms with Gasteiger partial charge in [0.1, 0.15) is 5.82 Å². The molecule has 4 aromatic rings. The number of carbonyl (C=O) groups is 1. The van der Waals surface area contributed by atoms with Crippen molar-refractivity contribution < 1.29 is 23.2 Å².